The summed E-state index contributed by atoms with van der Waals surface area (Å²) < 4.78 is 28.0. The number of benzene rings is 1. The first-order valence-corrected chi connectivity index (χ1v) is 5.88. The lowest BCUT2D eigenvalue weighted by atomic mass is 10.3. The van der Waals surface area contributed by atoms with Crippen molar-refractivity contribution in [2.45, 2.75) is 6.54 Å². The van der Waals surface area contributed by atoms with Crippen molar-refractivity contribution in [1.82, 2.24) is 19.5 Å². The number of carboxylic acids is 1. The van der Waals surface area contributed by atoms with Crippen molar-refractivity contribution >= 4 is 17.0 Å². The molecule has 0 spiro atoms. The number of hydrogen-bond donors (Lipinski definition) is 1. The zero-order valence-corrected chi connectivity index (χ0v) is 10.5. The zero-order chi connectivity index (χ0) is 15.0. The minimum Gasteiger partial charge on any atom is -0.480 e. The lowest BCUT2D eigenvalue weighted by molar-refractivity contribution is -0.137. The van der Waals surface area contributed by atoms with Crippen LogP contribution in [0.25, 0.3) is 22.4 Å². The molecule has 6 nitrogen and oxygen atoms in total. The van der Waals surface area contributed by atoms with E-state index in [0.717, 1.165) is 12.1 Å². The van der Waals surface area contributed by atoms with E-state index in [1.165, 1.54) is 23.3 Å². The first-order valence-electron chi connectivity index (χ1n) is 5.88. The SMILES string of the molecule is O=C(O)Cn1c(-c2cncnc2)nc2cc(F)c(F)cc21. The summed E-state index contributed by atoms with van der Waals surface area (Å²) in [4.78, 5) is 22.8. The summed E-state index contributed by atoms with van der Waals surface area (Å²) in [6.45, 7) is -0.439. The van der Waals surface area contributed by atoms with Crippen LogP contribution in [0.5, 0.6) is 0 Å². The highest BCUT2D eigenvalue weighted by atomic mass is 19.2. The number of rotatable bonds is 3. The Bertz CT molecular complexity index is 833. The van der Waals surface area contributed by atoms with Gasteiger partial charge in [-0.1, -0.05) is 0 Å². The fourth-order valence-corrected chi connectivity index (χ4v) is 2.05. The third-order valence-electron chi connectivity index (χ3n) is 2.90. The van der Waals surface area contributed by atoms with Crippen LogP contribution in [0.1, 0.15) is 0 Å². The Morgan fingerprint density at radius 1 is 1.19 bits per heavy atom. The number of imidazole rings is 1. The average molecular weight is 290 g/mol. The van der Waals surface area contributed by atoms with Gasteiger partial charge >= 0.3 is 5.97 Å². The van der Waals surface area contributed by atoms with Gasteiger partial charge in [-0.25, -0.2) is 23.7 Å². The van der Waals surface area contributed by atoms with E-state index in [1.54, 1.807) is 0 Å². The molecule has 0 bridgehead atoms. The number of fused-ring (bicyclic) bond motifs is 1. The molecule has 3 aromatic rings. The first-order chi connectivity index (χ1) is 10.1. The van der Waals surface area contributed by atoms with E-state index in [4.69, 9.17) is 5.11 Å². The zero-order valence-electron chi connectivity index (χ0n) is 10.5. The van der Waals surface area contributed by atoms with Gasteiger partial charge in [-0.3, -0.25) is 4.79 Å². The molecule has 0 saturated carbocycles. The van der Waals surface area contributed by atoms with Crippen molar-refractivity contribution in [2.75, 3.05) is 0 Å². The maximum Gasteiger partial charge on any atom is 0.323 e. The molecule has 1 aromatic carbocycles. The maximum absolute atomic E-state index is 13.4. The van der Waals surface area contributed by atoms with Gasteiger partial charge in [0.15, 0.2) is 11.6 Å². The van der Waals surface area contributed by atoms with E-state index in [9.17, 15) is 13.6 Å². The first kappa shape index (κ1) is 13.1. The van der Waals surface area contributed by atoms with Gasteiger partial charge < -0.3 is 9.67 Å². The number of aliphatic carboxylic acids is 1. The van der Waals surface area contributed by atoms with Gasteiger partial charge in [0.05, 0.1) is 16.6 Å². The maximum atomic E-state index is 13.4. The molecule has 0 amide bonds. The second-order valence-electron chi connectivity index (χ2n) is 4.30. The van der Waals surface area contributed by atoms with Crippen molar-refractivity contribution < 1.29 is 18.7 Å². The third kappa shape index (κ3) is 2.31. The molecule has 2 aromatic heterocycles. The van der Waals surface area contributed by atoms with Gasteiger partial charge in [-0.2, -0.15) is 0 Å². The summed E-state index contributed by atoms with van der Waals surface area (Å²) in [5.74, 6) is -3.00. The van der Waals surface area contributed by atoms with Gasteiger partial charge in [0.2, 0.25) is 0 Å². The smallest absolute Gasteiger partial charge is 0.323 e. The number of carboxylic acid groups (broad SMARTS) is 1. The topological polar surface area (TPSA) is 80.9 Å². The van der Waals surface area contributed by atoms with Gasteiger partial charge in [0, 0.05) is 24.5 Å². The lowest BCUT2D eigenvalue weighted by Crippen LogP contribution is -2.10. The molecule has 0 aliphatic heterocycles. The Labute approximate surface area is 116 Å². The Balaban J connectivity index is 2.30. The van der Waals surface area contributed by atoms with Crippen LogP contribution in [0.2, 0.25) is 0 Å². The highest BCUT2D eigenvalue weighted by Gasteiger charge is 2.17. The van der Waals surface area contributed by atoms with Crippen LogP contribution in [-0.4, -0.2) is 30.6 Å². The van der Waals surface area contributed by atoms with Gasteiger partial charge in [-0.05, 0) is 0 Å². The minimum absolute atomic E-state index is 0.161. The normalized spacial score (nSPS) is 11.0. The van der Waals surface area contributed by atoms with Crippen LogP contribution >= 0.6 is 0 Å². The van der Waals surface area contributed by atoms with E-state index >= 15 is 0 Å². The van der Waals surface area contributed by atoms with Crippen LogP contribution in [0.15, 0.2) is 30.9 Å². The molecule has 0 radical (unpaired) electrons. The molecule has 0 aliphatic carbocycles. The highest BCUT2D eigenvalue weighted by molar-refractivity contribution is 5.82. The minimum atomic E-state index is -1.13. The number of carbonyl (C=O) groups is 1. The molecule has 106 valence electrons. The predicted molar refractivity (Wildman–Crippen MR) is 68.3 cm³/mol. The second kappa shape index (κ2) is 4.89. The Kier molecular flexibility index (Phi) is 3.05. The largest absolute Gasteiger partial charge is 0.480 e. The van der Waals surface area contributed by atoms with Crippen LogP contribution in [-0.2, 0) is 11.3 Å². The molecule has 0 fully saturated rings. The van der Waals surface area contributed by atoms with Gasteiger partial charge in [-0.15, -0.1) is 0 Å². The second-order valence-corrected chi connectivity index (χ2v) is 4.30. The molecule has 0 aliphatic rings. The van der Waals surface area contributed by atoms with Gasteiger partial charge in [0.25, 0.3) is 0 Å². The Hall–Kier alpha value is -2.90. The number of hydrogen-bond acceptors (Lipinski definition) is 4. The fourth-order valence-electron chi connectivity index (χ4n) is 2.05. The predicted octanol–water partition coefficient (Wildman–Crippen LogP) is 1.86. The highest BCUT2D eigenvalue weighted by Crippen LogP contribution is 2.25. The van der Waals surface area contributed by atoms with E-state index < -0.39 is 24.1 Å². The van der Waals surface area contributed by atoms with Crippen LogP contribution in [0, 0.1) is 11.6 Å². The molecule has 2 heterocycles. The summed E-state index contributed by atoms with van der Waals surface area (Å²) in [6.07, 6.45) is 4.20. The van der Waals surface area contributed by atoms with Crippen LogP contribution in [0.4, 0.5) is 8.78 Å². The molecular formula is C13H8F2N4O2. The number of nitrogens with zero attached hydrogens (tertiary/aromatic N) is 4. The molecule has 21 heavy (non-hydrogen) atoms. The Morgan fingerprint density at radius 2 is 1.86 bits per heavy atom. The van der Waals surface area contributed by atoms with E-state index in [1.807, 2.05) is 0 Å². The number of aromatic nitrogens is 4. The molecule has 3 rings (SSSR count). The molecule has 1 N–H and O–H groups in total. The summed E-state index contributed by atoms with van der Waals surface area (Å²) in [7, 11) is 0. The summed E-state index contributed by atoms with van der Waals surface area (Å²) in [6, 6.07) is 1.85. The van der Waals surface area contributed by atoms with Crippen LogP contribution in [0.3, 0.4) is 0 Å². The lowest BCUT2D eigenvalue weighted by Gasteiger charge is -2.05. The fraction of sp³-hybridized carbons (Fsp3) is 0.0769. The molecular weight excluding hydrogens is 282 g/mol. The van der Waals surface area contributed by atoms with Crippen molar-refractivity contribution in [2.24, 2.45) is 0 Å². The van der Waals surface area contributed by atoms with Crippen molar-refractivity contribution in [1.29, 1.82) is 0 Å². The van der Waals surface area contributed by atoms with Crippen LogP contribution < -0.4 is 0 Å². The van der Waals surface area contributed by atoms with Gasteiger partial charge in [0.1, 0.15) is 18.7 Å². The molecule has 0 atom stereocenters. The standard InChI is InChI=1S/C13H8F2N4O2/c14-8-1-10-11(2-9(8)15)19(5-12(20)21)13(18-10)7-3-16-6-17-4-7/h1-4,6H,5H2,(H,20,21). The van der Waals surface area contributed by atoms with E-state index in [2.05, 4.69) is 15.0 Å². The summed E-state index contributed by atoms with van der Waals surface area (Å²) in [5.41, 5.74) is 0.805. The van der Waals surface area contributed by atoms with Crippen molar-refractivity contribution in [3.8, 4) is 11.4 Å². The van der Waals surface area contributed by atoms with Crippen molar-refractivity contribution in [3.63, 3.8) is 0 Å². The molecule has 0 unspecified atom stereocenters. The average Bonchev–Trinajstić information content (AvgIpc) is 2.78. The molecule has 0 saturated heterocycles. The third-order valence-corrected chi connectivity index (χ3v) is 2.90. The quantitative estimate of drug-likeness (QED) is 0.796. The van der Waals surface area contributed by atoms with Crippen molar-refractivity contribution in [3.05, 3.63) is 42.5 Å². The summed E-state index contributed by atoms with van der Waals surface area (Å²) >= 11 is 0. The van der Waals surface area contributed by atoms with E-state index in [0.29, 0.717) is 5.56 Å². The number of halogens is 2. The Morgan fingerprint density at radius 3 is 2.52 bits per heavy atom. The summed E-state index contributed by atoms with van der Waals surface area (Å²) in [5, 5.41) is 8.99. The van der Waals surface area contributed by atoms with E-state index in [-0.39, 0.29) is 16.9 Å². The monoisotopic (exact) mass is 290 g/mol. The molecule has 8 heteroatoms.